The molecule has 228 valence electrons. The van der Waals surface area contributed by atoms with Crippen molar-refractivity contribution in [3.05, 3.63) is 24.4 Å². The molecule has 0 spiro atoms. The zero-order chi connectivity index (χ0) is 31.5. The van der Waals surface area contributed by atoms with Gasteiger partial charge >= 0.3 is 35.8 Å². The molecular weight excluding hydrogens is 534 g/mol. The highest BCUT2D eigenvalue weighted by atomic mass is 16.5. The van der Waals surface area contributed by atoms with E-state index in [0.29, 0.717) is 0 Å². The number of aliphatic carboxylic acids is 6. The number of likely N-dealkylation sites (N-methyl/N-ethyl adjacent to an activating group) is 1. The van der Waals surface area contributed by atoms with E-state index < -0.39 is 35.8 Å². The first kappa shape index (κ1) is 40.2. The zero-order valence-corrected chi connectivity index (χ0v) is 23.1. The van der Waals surface area contributed by atoms with E-state index in [9.17, 15) is 0 Å². The molecule has 0 aliphatic heterocycles. The van der Waals surface area contributed by atoms with Crippen LogP contribution >= 0.6 is 0 Å². The minimum absolute atomic E-state index is 1.08. The van der Waals surface area contributed by atoms with Crippen molar-refractivity contribution in [2.75, 3.05) is 37.6 Å². The van der Waals surface area contributed by atoms with Crippen LogP contribution in [0.5, 0.6) is 0 Å². The van der Waals surface area contributed by atoms with Crippen molar-refractivity contribution < 1.29 is 59.4 Å². The Hall–Kier alpha value is -4.27. The summed E-state index contributed by atoms with van der Waals surface area (Å²) in [4.78, 5) is 64.1. The Morgan fingerprint density at radius 1 is 0.600 bits per heavy atom. The second-order valence-electron chi connectivity index (χ2n) is 7.80. The van der Waals surface area contributed by atoms with E-state index in [4.69, 9.17) is 59.4 Å². The van der Waals surface area contributed by atoms with Crippen LogP contribution in [0.25, 0.3) is 0 Å². The molecule has 0 radical (unpaired) electrons. The summed E-state index contributed by atoms with van der Waals surface area (Å²) in [5.41, 5.74) is 0. The molecule has 0 aliphatic rings. The summed E-state index contributed by atoms with van der Waals surface area (Å²) in [5, 5.41) is 44.3. The van der Waals surface area contributed by atoms with Crippen molar-refractivity contribution in [3.63, 3.8) is 0 Å². The van der Waals surface area contributed by atoms with Crippen LogP contribution in [0.2, 0.25) is 0 Å². The van der Waals surface area contributed by atoms with Crippen LogP contribution in [-0.2, 0) is 28.8 Å². The van der Waals surface area contributed by atoms with Crippen molar-refractivity contribution in [1.82, 2.24) is 9.88 Å². The zero-order valence-electron chi connectivity index (χ0n) is 23.1. The van der Waals surface area contributed by atoms with E-state index in [0.717, 1.165) is 38.5 Å². The van der Waals surface area contributed by atoms with Crippen LogP contribution in [0.4, 0.5) is 5.82 Å². The van der Waals surface area contributed by atoms with Gasteiger partial charge in [-0.25, -0.2) is 33.8 Å². The number of pyridine rings is 1. The largest absolute Gasteiger partial charge is 0.473 e. The summed E-state index contributed by atoms with van der Waals surface area (Å²) >= 11 is 0. The second-order valence-corrected chi connectivity index (χ2v) is 7.80. The van der Waals surface area contributed by atoms with Crippen molar-refractivity contribution in [3.8, 4) is 0 Å². The molecular formula is C25H41N3O12. The number of nitrogens with zero attached hydrogens (tertiary/aromatic N) is 3. The molecule has 0 aromatic carbocycles. The Bertz CT molecular complexity index is 784. The van der Waals surface area contributed by atoms with Crippen LogP contribution in [0.1, 0.15) is 59.3 Å². The van der Waals surface area contributed by atoms with Crippen molar-refractivity contribution >= 4 is 41.6 Å². The SMILES string of the molecule is CCCCCCCCN(CCN(CC)CC)c1ccccn1.O=C(O)C(=O)O.O=C(O)C(=O)O.O=C(O)C(=O)O. The molecule has 0 bridgehead atoms. The maximum absolute atomic E-state index is 9.10. The molecule has 1 aromatic heterocycles. The Labute approximate surface area is 232 Å². The normalized spacial score (nSPS) is 9.40. The summed E-state index contributed by atoms with van der Waals surface area (Å²) < 4.78 is 0. The first-order valence-electron chi connectivity index (χ1n) is 12.5. The fraction of sp³-hybridized carbons (Fsp3) is 0.560. The Morgan fingerprint density at radius 3 is 1.38 bits per heavy atom. The van der Waals surface area contributed by atoms with Crippen LogP contribution < -0.4 is 4.90 Å². The lowest BCUT2D eigenvalue weighted by Crippen LogP contribution is -2.36. The lowest BCUT2D eigenvalue weighted by atomic mass is 10.1. The molecule has 15 heteroatoms. The van der Waals surface area contributed by atoms with E-state index in [1.54, 1.807) is 0 Å². The number of hydrogen-bond acceptors (Lipinski definition) is 9. The molecule has 0 fully saturated rings. The molecule has 0 saturated heterocycles. The summed E-state index contributed by atoms with van der Waals surface area (Å²) in [6.45, 7) is 12.3. The van der Waals surface area contributed by atoms with Gasteiger partial charge in [0.25, 0.3) is 0 Å². The summed E-state index contributed by atoms with van der Waals surface area (Å²) in [6, 6.07) is 6.23. The predicted molar refractivity (Wildman–Crippen MR) is 143 cm³/mol. The topological polar surface area (TPSA) is 243 Å². The van der Waals surface area contributed by atoms with Crippen molar-refractivity contribution in [1.29, 1.82) is 0 Å². The van der Waals surface area contributed by atoms with Gasteiger partial charge in [0.1, 0.15) is 5.82 Å². The average molecular weight is 576 g/mol. The smallest absolute Gasteiger partial charge is 0.414 e. The quantitative estimate of drug-likeness (QED) is 0.146. The highest BCUT2D eigenvalue weighted by molar-refractivity contribution is 6.28. The van der Waals surface area contributed by atoms with Gasteiger partial charge in [-0.2, -0.15) is 0 Å². The summed E-state index contributed by atoms with van der Waals surface area (Å²) in [6.07, 6.45) is 9.99. The van der Waals surface area contributed by atoms with Gasteiger partial charge in [-0.3, -0.25) is 0 Å². The maximum Gasteiger partial charge on any atom is 0.414 e. The van der Waals surface area contributed by atoms with Crippen molar-refractivity contribution in [2.45, 2.75) is 59.3 Å². The van der Waals surface area contributed by atoms with Gasteiger partial charge in [-0.1, -0.05) is 58.9 Å². The molecule has 0 saturated carbocycles. The second kappa shape index (κ2) is 26.3. The standard InChI is InChI=1S/C19H35N3.3C2H2O4/c1-4-7-8-9-10-13-16-22(18-17-21(5-2)6-3)19-14-11-12-15-20-19;3*3-1(4)2(5)6/h11-12,14-15H,4-10,13,16-18H2,1-3H3;3*(H,3,4)(H,5,6). The predicted octanol–water partition coefficient (Wildman–Crippen LogP) is 2.06. The number of anilines is 1. The lowest BCUT2D eigenvalue weighted by Gasteiger charge is -2.27. The molecule has 40 heavy (non-hydrogen) atoms. The van der Waals surface area contributed by atoms with E-state index in [1.807, 2.05) is 12.3 Å². The van der Waals surface area contributed by atoms with E-state index >= 15 is 0 Å². The third kappa shape index (κ3) is 26.8. The first-order valence-corrected chi connectivity index (χ1v) is 12.5. The van der Waals surface area contributed by atoms with Gasteiger partial charge in [-0.05, 0) is 31.6 Å². The Kier molecular flexibility index (Phi) is 26.5. The summed E-state index contributed by atoms with van der Waals surface area (Å²) in [5.74, 6) is -9.82. The minimum atomic E-state index is -1.82. The maximum atomic E-state index is 9.10. The van der Waals surface area contributed by atoms with E-state index in [-0.39, 0.29) is 0 Å². The molecule has 6 N–H and O–H groups in total. The molecule has 1 heterocycles. The fourth-order valence-electron chi connectivity index (χ4n) is 2.77. The van der Waals surface area contributed by atoms with Crippen LogP contribution in [0, 0.1) is 0 Å². The molecule has 0 unspecified atom stereocenters. The fourth-order valence-corrected chi connectivity index (χ4v) is 2.77. The highest BCUT2D eigenvalue weighted by Crippen LogP contribution is 2.12. The highest BCUT2D eigenvalue weighted by Gasteiger charge is 2.09. The van der Waals surface area contributed by atoms with Crippen LogP contribution in [-0.4, -0.2) is 109 Å². The molecule has 0 aliphatic carbocycles. The summed E-state index contributed by atoms with van der Waals surface area (Å²) in [7, 11) is 0. The number of hydrogen-bond donors (Lipinski definition) is 6. The van der Waals surface area contributed by atoms with Gasteiger partial charge < -0.3 is 40.4 Å². The number of carbonyl (C=O) groups is 6. The monoisotopic (exact) mass is 575 g/mol. The number of rotatable bonds is 13. The molecule has 15 nitrogen and oxygen atoms in total. The van der Waals surface area contributed by atoms with E-state index in [1.165, 1.54) is 38.5 Å². The number of carboxylic acids is 6. The average Bonchev–Trinajstić information content (AvgIpc) is 2.91. The Morgan fingerprint density at radius 2 is 1.02 bits per heavy atom. The number of carboxylic acid groups (broad SMARTS) is 6. The van der Waals surface area contributed by atoms with Crippen LogP contribution in [0.15, 0.2) is 24.4 Å². The number of unbranched alkanes of at least 4 members (excludes halogenated alkanes) is 5. The van der Waals surface area contributed by atoms with Gasteiger partial charge in [0.15, 0.2) is 0 Å². The van der Waals surface area contributed by atoms with Gasteiger partial charge in [0.2, 0.25) is 0 Å². The van der Waals surface area contributed by atoms with E-state index in [2.05, 4.69) is 47.7 Å². The minimum Gasteiger partial charge on any atom is -0.473 e. The molecule has 1 rings (SSSR count). The van der Waals surface area contributed by atoms with Gasteiger partial charge in [0, 0.05) is 25.8 Å². The third-order valence-electron chi connectivity index (χ3n) is 4.88. The van der Waals surface area contributed by atoms with Gasteiger partial charge in [-0.15, -0.1) is 0 Å². The Balaban J connectivity index is -0.000000615. The van der Waals surface area contributed by atoms with Crippen molar-refractivity contribution in [2.24, 2.45) is 0 Å². The first-order chi connectivity index (χ1) is 18.7. The lowest BCUT2D eigenvalue weighted by molar-refractivity contribution is -0.159. The van der Waals surface area contributed by atoms with Crippen LogP contribution in [0.3, 0.4) is 0 Å². The number of aromatic nitrogens is 1. The molecule has 0 amide bonds. The molecule has 1 aromatic rings. The van der Waals surface area contributed by atoms with Gasteiger partial charge in [0.05, 0.1) is 0 Å². The molecule has 0 atom stereocenters. The third-order valence-corrected chi connectivity index (χ3v) is 4.88.